The summed E-state index contributed by atoms with van der Waals surface area (Å²) in [5.74, 6) is -1.10. The van der Waals surface area contributed by atoms with Gasteiger partial charge in [-0.1, -0.05) is 6.07 Å². The molecule has 0 unspecified atom stereocenters. The van der Waals surface area contributed by atoms with Gasteiger partial charge in [-0.05, 0) is 40.5 Å². The highest BCUT2D eigenvalue weighted by atomic mass is 79.9. The lowest BCUT2D eigenvalue weighted by Gasteiger charge is -2.09. The Hall–Kier alpha value is -1.87. The predicted molar refractivity (Wildman–Crippen MR) is 79.6 cm³/mol. The number of aromatic nitrogens is 2. The maximum Gasteiger partial charge on any atom is 0.325 e. The van der Waals surface area contributed by atoms with Gasteiger partial charge in [0.1, 0.15) is 11.4 Å². The summed E-state index contributed by atoms with van der Waals surface area (Å²) in [7, 11) is -3.82. The molecule has 21 heavy (non-hydrogen) atoms. The van der Waals surface area contributed by atoms with Gasteiger partial charge in [-0.15, -0.1) is 0 Å². The Morgan fingerprint density at radius 2 is 2.19 bits per heavy atom. The molecule has 0 aliphatic heterocycles. The van der Waals surface area contributed by atoms with Gasteiger partial charge in [-0.3, -0.25) is 14.2 Å². The first-order valence-corrected chi connectivity index (χ1v) is 8.09. The quantitative estimate of drug-likeness (QED) is 0.832. The molecule has 0 saturated carbocycles. The maximum atomic E-state index is 12.2. The summed E-state index contributed by atoms with van der Waals surface area (Å²) in [4.78, 5) is 10.5. The van der Waals surface area contributed by atoms with Crippen molar-refractivity contribution < 1.29 is 18.3 Å². The number of halogens is 1. The Morgan fingerprint density at radius 1 is 1.48 bits per heavy atom. The van der Waals surface area contributed by atoms with Crippen LogP contribution in [0.3, 0.4) is 0 Å². The summed E-state index contributed by atoms with van der Waals surface area (Å²) < 4.78 is 28.5. The van der Waals surface area contributed by atoms with Crippen molar-refractivity contribution in [2.75, 3.05) is 4.72 Å². The van der Waals surface area contributed by atoms with Gasteiger partial charge in [0, 0.05) is 10.7 Å². The molecule has 0 aliphatic rings. The van der Waals surface area contributed by atoms with E-state index < -0.39 is 22.5 Å². The number of aryl methyl sites for hydroxylation is 1. The van der Waals surface area contributed by atoms with Crippen molar-refractivity contribution in [1.82, 2.24) is 9.78 Å². The first kappa shape index (κ1) is 15.5. The van der Waals surface area contributed by atoms with Crippen LogP contribution in [0.5, 0.6) is 0 Å². The molecular formula is C12H12BrN3O4S. The number of carboxylic acid groups (broad SMARTS) is 1. The van der Waals surface area contributed by atoms with Crippen LogP contribution < -0.4 is 4.72 Å². The van der Waals surface area contributed by atoms with E-state index in [0.717, 1.165) is 16.4 Å². The van der Waals surface area contributed by atoms with Crippen molar-refractivity contribution in [3.63, 3.8) is 0 Å². The zero-order valence-corrected chi connectivity index (χ0v) is 13.3. The number of benzene rings is 1. The van der Waals surface area contributed by atoms with E-state index in [4.69, 9.17) is 5.11 Å². The van der Waals surface area contributed by atoms with Crippen molar-refractivity contribution in [3.05, 3.63) is 40.6 Å². The van der Waals surface area contributed by atoms with Crippen molar-refractivity contribution >= 4 is 37.6 Å². The smallest absolute Gasteiger partial charge is 0.325 e. The van der Waals surface area contributed by atoms with Gasteiger partial charge in [0.25, 0.3) is 10.0 Å². The second-order valence-corrected chi connectivity index (χ2v) is 6.89. The normalized spacial score (nSPS) is 11.3. The van der Waals surface area contributed by atoms with E-state index in [9.17, 15) is 13.2 Å². The van der Waals surface area contributed by atoms with E-state index in [-0.39, 0.29) is 4.90 Å². The molecule has 2 N–H and O–H groups in total. The Bertz CT molecular complexity index is 786. The molecule has 0 atom stereocenters. The highest BCUT2D eigenvalue weighted by Gasteiger charge is 2.18. The summed E-state index contributed by atoms with van der Waals surface area (Å²) in [6.45, 7) is 1.44. The molecule has 0 radical (unpaired) electrons. The fourth-order valence-corrected chi connectivity index (χ4v) is 3.13. The van der Waals surface area contributed by atoms with E-state index in [1.54, 1.807) is 12.1 Å². The van der Waals surface area contributed by atoms with Gasteiger partial charge >= 0.3 is 5.97 Å². The Labute approximate surface area is 129 Å². The lowest BCUT2D eigenvalue weighted by molar-refractivity contribution is -0.137. The molecule has 2 aromatic rings. The molecule has 112 valence electrons. The monoisotopic (exact) mass is 373 g/mol. The number of nitrogens with zero attached hydrogens (tertiary/aromatic N) is 2. The van der Waals surface area contributed by atoms with Gasteiger partial charge in [0.05, 0.1) is 11.9 Å². The Morgan fingerprint density at radius 3 is 2.86 bits per heavy atom. The Balaban J connectivity index is 2.28. The number of nitrogens with one attached hydrogen (secondary N) is 1. The molecule has 1 aromatic heterocycles. The van der Waals surface area contributed by atoms with Crippen LogP contribution in [0.15, 0.2) is 40.0 Å². The van der Waals surface area contributed by atoms with E-state index in [1.807, 2.05) is 13.0 Å². The SMILES string of the molecule is Cc1ccc(Br)c(NS(=O)(=O)c2cnn(CC(=O)O)c2)c1. The Kier molecular flexibility index (Phi) is 4.33. The van der Waals surface area contributed by atoms with Crippen molar-refractivity contribution in [1.29, 1.82) is 0 Å². The van der Waals surface area contributed by atoms with Gasteiger partial charge in [0.15, 0.2) is 0 Å². The number of sulfonamides is 1. The van der Waals surface area contributed by atoms with Gasteiger partial charge < -0.3 is 5.11 Å². The van der Waals surface area contributed by atoms with Crippen LogP contribution in [0.2, 0.25) is 0 Å². The molecule has 9 heteroatoms. The van der Waals surface area contributed by atoms with Crippen LogP contribution in [0, 0.1) is 6.92 Å². The van der Waals surface area contributed by atoms with Crippen LogP contribution in [0.25, 0.3) is 0 Å². The molecule has 7 nitrogen and oxygen atoms in total. The molecule has 0 bridgehead atoms. The largest absolute Gasteiger partial charge is 0.480 e. The fraction of sp³-hybridized carbons (Fsp3) is 0.167. The molecular weight excluding hydrogens is 362 g/mol. The molecule has 1 heterocycles. The number of carbonyl (C=O) groups is 1. The van der Waals surface area contributed by atoms with Crippen LogP contribution in [-0.2, 0) is 21.4 Å². The minimum atomic E-state index is -3.82. The van der Waals surface area contributed by atoms with E-state index in [2.05, 4.69) is 25.8 Å². The highest BCUT2D eigenvalue weighted by molar-refractivity contribution is 9.10. The average Bonchev–Trinajstić information content (AvgIpc) is 2.82. The van der Waals surface area contributed by atoms with Gasteiger partial charge in [-0.2, -0.15) is 5.10 Å². The third-order valence-corrected chi connectivity index (χ3v) is 4.59. The van der Waals surface area contributed by atoms with E-state index in [1.165, 1.54) is 6.20 Å². The zero-order chi connectivity index (χ0) is 15.6. The summed E-state index contributed by atoms with van der Waals surface area (Å²) in [6.07, 6.45) is 2.27. The molecule has 0 amide bonds. The number of hydrogen-bond acceptors (Lipinski definition) is 4. The molecule has 0 fully saturated rings. The van der Waals surface area contributed by atoms with Crippen LogP contribution >= 0.6 is 15.9 Å². The minimum Gasteiger partial charge on any atom is -0.480 e. The van der Waals surface area contributed by atoms with E-state index in [0.29, 0.717) is 10.2 Å². The lowest BCUT2D eigenvalue weighted by atomic mass is 10.2. The van der Waals surface area contributed by atoms with Crippen LogP contribution in [-0.4, -0.2) is 29.3 Å². The zero-order valence-electron chi connectivity index (χ0n) is 10.9. The molecule has 1 aromatic carbocycles. The number of aliphatic carboxylic acids is 1. The standard InChI is InChI=1S/C12H12BrN3O4S/c1-8-2-3-10(13)11(4-8)15-21(19,20)9-5-14-16(6-9)7-12(17)18/h2-6,15H,7H2,1H3,(H,17,18). The number of rotatable bonds is 5. The molecule has 0 spiro atoms. The second kappa shape index (κ2) is 5.86. The highest BCUT2D eigenvalue weighted by Crippen LogP contribution is 2.25. The van der Waals surface area contributed by atoms with Crippen LogP contribution in [0.4, 0.5) is 5.69 Å². The summed E-state index contributed by atoms with van der Waals surface area (Å²) >= 11 is 3.27. The molecule has 0 saturated heterocycles. The summed E-state index contributed by atoms with van der Waals surface area (Å²) in [6, 6.07) is 5.26. The third-order valence-electron chi connectivity index (χ3n) is 2.58. The molecule has 0 aliphatic carbocycles. The molecule has 2 rings (SSSR count). The van der Waals surface area contributed by atoms with E-state index >= 15 is 0 Å². The minimum absolute atomic E-state index is 0.0999. The van der Waals surface area contributed by atoms with Crippen molar-refractivity contribution in [2.45, 2.75) is 18.4 Å². The van der Waals surface area contributed by atoms with Gasteiger partial charge in [0.2, 0.25) is 0 Å². The van der Waals surface area contributed by atoms with Gasteiger partial charge in [-0.25, -0.2) is 8.42 Å². The number of anilines is 1. The summed E-state index contributed by atoms with van der Waals surface area (Å²) in [5.41, 5.74) is 1.30. The number of carboxylic acids is 1. The van der Waals surface area contributed by atoms with Crippen molar-refractivity contribution in [2.24, 2.45) is 0 Å². The lowest BCUT2D eigenvalue weighted by Crippen LogP contribution is -2.13. The average molecular weight is 374 g/mol. The van der Waals surface area contributed by atoms with Crippen molar-refractivity contribution in [3.8, 4) is 0 Å². The fourth-order valence-electron chi connectivity index (χ4n) is 1.63. The van der Waals surface area contributed by atoms with Crippen LogP contribution in [0.1, 0.15) is 5.56 Å². The topological polar surface area (TPSA) is 101 Å². The maximum absolute atomic E-state index is 12.2. The predicted octanol–water partition coefficient (Wildman–Crippen LogP) is 1.84. The second-order valence-electron chi connectivity index (χ2n) is 4.36. The first-order valence-electron chi connectivity index (χ1n) is 5.81. The summed E-state index contributed by atoms with van der Waals surface area (Å²) in [5, 5.41) is 12.4. The third kappa shape index (κ3) is 3.82. The first-order chi connectivity index (χ1) is 9.78. The number of hydrogen-bond donors (Lipinski definition) is 2.